The number of halogens is 9. The van der Waals surface area contributed by atoms with E-state index in [1.54, 1.807) is 47.4 Å². The number of nitrogens with zero attached hydrogens (tertiary/aromatic N) is 2. The van der Waals surface area contributed by atoms with Crippen LogP contribution >= 0.6 is 0 Å². The molecule has 0 fully saturated rings. The Morgan fingerprint density at radius 2 is 0.600 bits per heavy atom. The summed E-state index contributed by atoms with van der Waals surface area (Å²) in [5.41, 5.74) is 14.8. The van der Waals surface area contributed by atoms with Crippen LogP contribution < -0.4 is 42.6 Å². The first-order valence-electron chi connectivity index (χ1n) is 36.5. The molecule has 0 spiro atoms. The molecule has 0 saturated heterocycles. The third-order valence-electron chi connectivity index (χ3n) is 22.8. The summed E-state index contributed by atoms with van der Waals surface area (Å²) < 4.78 is 143. The number of rotatable bonds is 4. The topological polar surface area (TPSA) is 6.48 Å². The molecule has 0 radical (unpaired) electrons. The molecule has 532 valence electrons. The van der Waals surface area contributed by atoms with E-state index in [0.717, 1.165) is 140 Å². The average molecular weight is 1410 g/mol. The molecule has 0 N–H and O–H groups in total. The van der Waals surface area contributed by atoms with E-state index in [1.165, 1.54) is 18.2 Å². The maximum absolute atomic E-state index is 16.6. The highest BCUT2D eigenvalue weighted by Gasteiger charge is 2.50. The standard InChI is InChI=1S/C92H85B2F9N2/c1-48-34-62-58-44-56(76-64(86(8,9)10)37-51(84(2,3)4)38-65(76)87(11,12)13)60-47-71-79-59(63-36-53(92(101,102)103)43-75-83(63)94(71)69-33-31-50(91(98,99)100)42-73(69)105(75)55-28-24-21-25-29-55)45-57(77-66(88(14,15)16)39-52(85(5,6)7)40-67(77)89(17,18)19)61-46-70(78(58)80(60)81(61)79)93-68-32-30-49(90(95,96)97)41-72(68)104(74(35-48)82(62)93)54-26-22-20-23-27-54/h20-47H,1-19H3. The van der Waals surface area contributed by atoms with Crippen LogP contribution in [0.5, 0.6) is 0 Å². The summed E-state index contributed by atoms with van der Waals surface area (Å²) in [5, 5.41) is 4.80. The first-order valence-corrected chi connectivity index (χ1v) is 36.5. The Bertz CT molecular complexity index is 5630. The van der Waals surface area contributed by atoms with Crippen molar-refractivity contribution in [3.05, 3.63) is 225 Å². The monoisotopic (exact) mass is 1410 g/mol. The van der Waals surface area contributed by atoms with Gasteiger partial charge in [-0.05, 0) is 244 Å². The highest BCUT2D eigenvalue weighted by molar-refractivity contribution is 7.02. The Morgan fingerprint density at radius 3 is 0.933 bits per heavy atom. The van der Waals surface area contributed by atoms with Crippen molar-refractivity contribution in [1.29, 1.82) is 0 Å². The first-order chi connectivity index (χ1) is 48.7. The van der Waals surface area contributed by atoms with Gasteiger partial charge in [-0.3, -0.25) is 0 Å². The predicted molar refractivity (Wildman–Crippen MR) is 423 cm³/mol. The molecule has 0 amide bonds. The van der Waals surface area contributed by atoms with Crippen molar-refractivity contribution < 1.29 is 39.5 Å². The smallest absolute Gasteiger partial charge is 0.311 e. The lowest BCUT2D eigenvalue weighted by Crippen LogP contribution is -2.60. The first kappa shape index (κ1) is 70.1. The summed E-state index contributed by atoms with van der Waals surface area (Å²) in [7, 11) is 0. The zero-order valence-corrected chi connectivity index (χ0v) is 63.1. The van der Waals surface area contributed by atoms with E-state index in [9.17, 15) is 0 Å². The van der Waals surface area contributed by atoms with E-state index in [2.05, 4.69) is 185 Å². The molecule has 0 bridgehead atoms. The van der Waals surface area contributed by atoms with Crippen molar-refractivity contribution >= 4 is 113 Å². The minimum absolute atomic E-state index is 0.107. The van der Waals surface area contributed by atoms with Gasteiger partial charge in [0.05, 0.1) is 16.7 Å². The molecule has 12 aromatic carbocycles. The number of benzene rings is 12. The van der Waals surface area contributed by atoms with E-state index < -0.39 is 70.3 Å². The van der Waals surface area contributed by atoms with E-state index in [0.29, 0.717) is 50.0 Å². The molecule has 4 aliphatic rings. The molecule has 2 nitrogen and oxygen atoms in total. The minimum atomic E-state index is -4.93. The van der Waals surface area contributed by atoms with Crippen molar-refractivity contribution in [1.82, 2.24) is 0 Å². The van der Waals surface area contributed by atoms with Crippen molar-refractivity contribution in [2.45, 2.75) is 183 Å². The van der Waals surface area contributed by atoms with E-state index in [4.69, 9.17) is 0 Å². The van der Waals surface area contributed by atoms with Gasteiger partial charge in [0.2, 0.25) is 13.4 Å². The largest absolute Gasteiger partial charge is 0.416 e. The number of hydrogen-bond donors (Lipinski definition) is 0. The predicted octanol–water partition coefficient (Wildman–Crippen LogP) is 23.6. The molecule has 4 aliphatic heterocycles. The zero-order valence-electron chi connectivity index (χ0n) is 63.1. The van der Waals surface area contributed by atoms with Crippen LogP contribution in [0, 0.1) is 6.92 Å². The molecule has 4 heterocycles. The highest BCUT2D eigenvalue weighted by Crippen LogP contribution is 2.58. The van der Waals surface area contributed by atoms with Gasteiger partial charge in [-0.15, -0.1) is 0 Å². The quantitative estimate of drug-likeness (QED) is 0.0984. The van der Waals surface area contributed by atoms with Crippen LogP contribution in [0.3, 0.4) is 0 Å². The van der Waals surface area contributed by atoms with Gasteiger partial charge in [0, 0.05) is 34.1 Å². The van der Waals surface area contributed by atoms with Gasteiger partial charge in [-0.25, -0.2) is 0 Å². The van der Waals surface area contributed by atoms with Crippen molar-refractivity contribution in [2.24, 2.45) is 0 Å². The number of alkyl halides is 9. The van der Waals surface area contributed by atoms with Gasteiger partial charge in [-0.1, -0.05) is 239 Å². The van der Waals surface area contributed by atoms with Crippen molar-refractivity contribution in [2.75, 3.05) is 9.80 Å². The van der Waals surface area contributed by atoms with Gasteiger partial charge in [-0.2, -0.15) is 39.5 Å². The van der Waals surface area contributed by atoms with Gasteiger partial charge >= 0.3 is 18.5 Å². The normalized spacial score (nSPS) is 14.6. The molecular formula is C92H85B2F9N2. The second-order valence-corrected chi connectivity index (χ2v) is 36.3. The molecular weight excluding hydrogens is 1330 g/mol. The SMILES string of the molecule is Cc1cc2c3c(c1)N(c1ccccc1)c1cc(C(F)(F)F)ccc1B3c1cc3c(-c4c(C(C)(C)C)cc(C(C)(C)C)cc4C(C)(C)C)cc4c5c(cc6c(-c7c(C(C)(C)C)cc(C(C)(C)C)cc7C(C)(C)C)cc-2c1c6c35)B1c2ccc(C(F)(F)F)cc2N(c2ccccc2)c2cc(C(F)(F)F)cc-4c21. The number of hydrogen-bond acceptors (Lipinski definition) is 2. The maximum atomic E-state index is 16.6. The third kappa shape index (κ3) is 10.8. The Hall–Kier alpha value is -9.22. The summed E-state index contributed by atoms with van der Waals surface area (Å²) in [6.07, 6.45) is -14.5. The summed E-state index contributed by atoms with van der Waals surface area (Å²) in [4.78, 5) is 3.59. The second-order valence-electron chi connectivity index (χ2n) is 36.3. The summed E-state index contributed by atoms with van der Waals surface area (Å²) in [5.74, 6) is 0. The number of para-hydroxylation sites is 2. The fraction of sp³-hybridized carbons (Fsp3) is 0.304. The van der Waals surface area contributed by atoms with Crippen LogP contribution in [0.25, 0.3) is 76.8 Å². The van der Waals surface area contributed by atoms with Gasteiger partial charge < -0.3 is 9.80 Å². The number of fused-ring (bicyclic) bond motifs is 8. The summed E-state index contributed by atoms with van der Waals surface area (Å²) in [6.45, 7) is 40.4. The van der Waals surface area contributed by atoms with Crippen LogP contribution in [0.1, 0.15) is 180 Å². The Labute approximate surface area is 611 Å². The summed E-state index contributed by atoms with van der Waals surface area (Å²) in [6, 6.07) is 51.3. The second kappa shape index (κ2) is 22.4. The van der Waals surface area contributed by atoms with Crippen LogP contribution in [0.15, 0.2) is 170 Å². The van der Waals surface area contributed by atoms with Crippen LogP contribution in [0.2, 0.25) is 0 Å². The lowest BCUT2D eigenvalue weighted by Gasteiger charge is -2.43. The zero-order chi connectivity index (χ0) is 75.4. The van der Waals surface area contributed by atoms with Gasteiger partial charge in [0.25, 0.3) is 0 Å². The fourth-order valence-electron chi connectivity index (χ4n) is 17.9. The Kier molecular flexibility index (Phi) is 15.0. The molecule has 0 aromatic heterocycles. The number of aryl methyl sites for hydroxylation is 1. The molecule has 0 aliphatic carbocycles. The highest BCUT2D eigenvalue weighted by atomic mass is 19.4. The molecule has 105 heavy (non-hydrogen) atoms. The van der Waals surface area contributed by atoms with Crippen LogP contribution in [0.4, 0.5) is 73.6 Å². The van der Waals surface area contributed by atoms with E-state index in [-0.39, 0.29) is 22.2 Å². The maximum Gasteiger partial charge on any atom is 0.416 e. The lowest BCUT2D eigenvalue weighted by molar-refractivity contribution is -0.138. The van der Waals surface area contributed by atoms with Gasteiger partial charge in [0.1, 0.15) is 0 Å². The molecule has 13 heteroatoms. The van der Waals surface area contributed by atoms with E-state index in [1.807, 2.05) is 42.2 Å². The lowest BCUT2D eigenvalue weighted by atomic mass is 9.31. The summed E-state index contributed by atoms with van der Waals surface area (Å²) >= 11 is 0. The molecule has 0 saturated carbocycles. The Morgan fingerprint density at radius 1 is 0.267 bits per heavy atom. The van der Waals surface area contributed by atoms with Crippen LogP contribution in [-0.4, -0.2) is 13.4 Å². The third-order valence-corrected chi connectivity index (χ3v) is 22.8. The van der Waals surface area contributed by atoms with Crippen molar-refractivity contribution in [3.8, 4) is 44.5 Å². The molecule has 12 aromatic rings. The minimum Gasteiger partial charge on any atom is -0.311 e. The Balaban J connectivity index is 1.22. The van der Waals surface area contributed by atoms with Gasteiger partial charge in [0.15, 0.2) is 0 Å². The van der Waals surface area contributed by atoms with E-state index >= 15 is 39.5 Å². The molecule has 0 unspecified atom stereocenters. The fourth-order valence-corrected chi connectivity index (χ4v) is 17.9. The molecule has 16 rings (SSSR count). The average Bonchev–Trinajstić information content (AvgIpc) is 0.913. The molecule has 0 atom stereocenters. The van der Waals surface area contributed by atoms with Crippen LogP contribution in [-0.2, 0) is 51.0 Å². The number of anilines is 6. The van der Waals surface area contributed by atoms with Crippen molar-refractivity contribution in [3.63, 3.8) is 0 Å².